The van der Waals surface area contributed by atoms with Crippen molar-refractivity contribution in [3.63, 3.8) is 0 Å². The first-order chi connectivity index (χ1) is 6.63. The Labute approximate surface area is 82.2 Å². The molecule has 1 atom stereocenters. The fourth-order valence-corrected chi connectivity index (χ4v) is 1.28. The average molecular weight is 197 g/mol. The Balaban J connectivity index is 2.74. The highest BCUT2D eigenvalue weighted by atomic mass is 19.1. The van der Waals surface area contributed by atoms with Gasteiger partial charge >= 0.3 is 0 Å². The van der Waals surface area contributed by atoms with E-state index in [2.05, 4.69) is 6.58 Å². The zero-order valence-corrected chi connectivity index (χ0v) is 7.84. The van der Waals surface area contributed by atoms with Gasteiger partial charge in [-0.15, -0.1) is 6.58 Å². The number of benzene rings is 1. The molecular formula is C11H13F2N. The van der Waals surface area contributed by atoms with Crippen LogP contribution in [0.4, 0.5) is 8.78 Å². The van der Waals surface area contributed by atoms with Gasteiger partial charge in [0.1, 0.15) is 11.6 Å². The van der Waals surface area contributed by atoms with Gasteiger partial charge in [0.15, 0.2) is 0 Å². The molecule has 0 saturated heterocycles. The average Bonchev–Trinajstić information content (AvgIpc) is 2.12. The summed E-state index contributed by atoms with van der Waals surface area (Å²) in [6, 6.07) is 3.19. The van der Waals surface area contributed by atoms with E-state index in [4.69, 9.17) is 5.73 Å². The number of nitrogens with two attached hydrogens (primary N) is 1. The Morgan fingerprint density at radius 1 is 1.43 bits per heavy atom. The highest BCUT2D eigenvalue weighted by Gasteiger charge is 2.07. The second-order valence-corrected chi connectivity index (χ2v) is 3.22. The quantitative estimate of drug-likeness (QED) is 0.737. The second kappa shape index (κ2) is 4.86. The molecule has 0 aromatic heterocycles. The van der Waals surface area contributed by atoms with E-state index in [1.807, 2.05) is 0 Å². The van der Waals surface area contributed by atoms with Crippen LogP contribution in [-0.4, -0.2) is 6.04 Å². The summed E-state index contributed by atoms with van der Waals surface area (Å²) in [5.41, 5.74) is 5.99. The van der Waals surface area contributed by atoms with Crippen LogP contribution in [0, 0.1) is 11.6 Å². The van der Waals surface area contributed by atoms with Crippen LogP contribution in [0.25, 0.3) is 0 Å². The van der Waals surface area contributed by atoms with Crippen molar-refractivity contribution in [2.75, 3.05) is 0 Å². The standard InChI is InChI=1S/C11H13F2N/c1-2-3-10(14)7-8-6-9(12)4-5-11(8)13/h2,4-6,10H,1,3,7,14H2. The summed E-state index contributed by atoms with van der Waals surface area (Å²) < 4.78 is 25.9. The first kappa shape index (κ1) is 10.9. The molecule has 0 fully saturated rings. The van der Waals surface area contributed by atoms with Crippen molar-refractivity contribution in [3.8, 4) is 0 Å². The van der Waals surface area contributed by atoms with E-state index >= 15 is 0 Å². The molecular weight excluding hydrogens is 184 g/mol. The largest absolute Gasteiger partial charge is 0.327 e. The maximum atomic E-state index is 13.1. The lowest BCUT2D eigenvalue weighted by atomic mass is 10.0. The van der Waals surface area contributed by atoms with Gasteiger partial charge in [0.2, 0.25) is 0 Å². The number of rotatable bonds is 4. The maximum Gasteiger partial charge on any atom is 0.126 e. The molecule has 0 spiro atoms. The molecule has 1 aromatic rings. The number of hydrogen-bond donors (Lipinski definition) is 1. The zero-order valence-electron chi connectivity index (χ0n) is 7.84. The summed E-state index contributed by atoms with van der Waals surface area (Å²) in [7, 11) is 0. The third-order valence-electron chi connectivity index (χ3n) is 1.96. The van der Waals surface area contributed by atoms with E-state index in [9.17, 15) is 8.78 Å². The highest BCUT2D eigenvalue weighted by Crippen LogP contribution is 2.12. The molecule has 1 rings (SSSR count). The van der Waals surface area contributed by atoms with Crippen LogP contribution in [0.5, 0.6) is 0 Å². The van der Waals surface area contributed by atoms with Gasteiger partial charge in [0.25, 0.3) is 0 Å². The van der Waals surface area contributed by atoms with Gasteiger partial charge in [-0.25, -0.2) is 8.78 Å². The number of halogens is 2. The Kier molecular flexibility index (Phi) is 3.77. The Hall–Kier alpha value is -1.22. The van der Waals surface area contributed by atoms with Crippen molar-refractivity contribution >= 4 is 0 Å². The topological polar surface area (TPSA) is 26.0 Å². The van der Waals surface area contributed by atoms with Crippen LogP contribution < -0.4 is 5.73 Å². The van der Waals surface area contributed by atoms with Crippen molar-refractivity contribution < 1.29 is 8.78 Å². The van der Waals surface area contributed by atoms with E-state index in [0.29, 0.717) is 18.4 Å². The lowest BCUT2D eigenvalue weighted by Crippen LogP contribution is -2.22. The van der Waals surface area contributed by atoms with Gasteiger partial charge in [-0.3, -0.25) is 0 Å². The third kappa shape index (κ3) is 2.92. The summed E-state index contributed by atoms with van der Waals surface area (Å²) in [6.07, 6.45) is 2.59. The first-order valence-electron chi connectivity index (χ1n) is 4.44. The third-order valence-corrected chi connectivity index (χ3v) is 1.96. The van der Waals surface area contributed by atoms with Crippen LogP contribution in [0.3, 0.4) is 0 Å². The molecule has 1 nitrogen and oxygen atoms in total. The maximum absolute atomic E-state index is 13.1. The fraction of sp³-hybridized carbons (Fsp3) is 0.273. The highest BCUT2D eigenvalue weighted by molar-refractivity contribution is 5.19. The molecule has 0 amide bonds. The summed E-state index contributed by atoms with van der Waals surface area (Å²) in [4.78, 5) is 0. The second-order valence-electron chi connectivity index (χ2n) is 3.22. The zero-order chi connectivity index (χ0) is 10.6. The monoisotopic (exact) mass is 197 g/mol. The summed E-state index contributed by atoms with van der Waals surface area (Å²) >= 11 is 0. The van der Waals surface area contributed by atoms with Crippen LogP contribution >= 0.6 is 0 Å². The minimum atomic E-state index is -0.438. The number of hydrogen-bond acceptors (Lipinski definition) is 1. The molecule has 0 aliphatic heterocycles. The predicted octanol–water partition coefficient (Wildman–Crippen LogP) is 2.41. The molecule has 1 unspecified atom stereocenters. The normalized spacial score (nSPS) is 12.5. The smallest absolute Gasteiger partial charge is 0.126 e. The molecule has 0 saturated carbocycles. The van der Waals surface area contributed by atoms with Crippen molar-refractivity contribution in [2.24, 2.45) is 5.73 Å². The van der Waals surface area contributed by atoms with Gasteiger partial charge in [-0.05, 0) is 36.6 Å². The van der Waals surface area contributed by atoms with Crippen molar-refractivity contribution in [1.82, 2.24) is 0 Å². The van der Waals surface area contributed by atoms with E-state index < -0.39 is 11.6 Å². The van der Waals surface area contributed by atoms with Crippen LogP contribution in [-0.2, 0) is 6.42 Å². The van der Waals surface area contributed by atoms with Gasteiger partial charge < -0.3 is 5.73 Å². The summed E-state index contributed by atoms with van der Waals surface area (Å²) in [5.74, 6) is -0.849. The fourth-order valence-electron chi connectivity index (χ4n) is 1.28. The van der Waals surface area contributed by atoms with Crippen molar-refractivity contribution in [2.45, 2.75) is 18.9 Å². The van der Waals surface area contributed by atoms with E-state index in [1.54, 1.807) is 6.08 Å². The Morgan fingerprint density at radius 2 is 2.14 bits per heavy atom. The lowest BCUT2D eigenvalue weighted by Gasteiger charge is -2.09. The molecule has 0 heterocycles. The van der Waals surface area contributed by atoms with Gasteiger partial charge in [-0.2, -0.15) is 0 Å². The van der Waals surface area contributed by atoms with Crippen molar-refractivity contribution in [1.29, 1.82) is 0 Å². The minimum absolute atomic E-state index is 0.205. The van der Waals surface area contributed by atoms with Gasteiger partial charge in [0.05, 0.1) is 0 Å². The van der Waals surface area contributed by atoms with Crippen LogP contribution in [0.2, 0.25) is 0 Å². The molecule has 14 heavy (non-hydrogen) atoms. The first-order valence-corrected chi connectivity index (χ1v) is 4.44. The van der Waals surface area contributed by atoms with E-state index in [0.717, 1.165) is 12.1 Å². The van der Waals surface area contributed by atoms with Crippen molar-refractivity contribution in [3.05, 3.63) is 48.1 Å². The summed E-state index contributed by atoms with van der Waals surface area (Å²) in [6.45, 7) is 3.53. The van der Waals surface area contributed by atoms with E-state index in [1.165, 1.54) is 6.07 Å². The van der Waals surface area contributed by atoms with Crippen LogP contribution in [0.1, 0.15) is 12.0 Å². The Bertz CT molecular complexity index is 323. The Morgan fingerprint density at radius 3 is 2.79 bits per heavy atom. The molecule has 3 heteroatoms. The van der Waals surface area contributed by atoms with Gasteiger partial charge in [0, 0.05) is 6.04 Å². The molecule has 76 valence electrons. The molecule has 2 N–H and O–H groups in total. The molecule has 1 aromatic carbocycles. The lowest BCUT2D eigenvalue weighted by molar-refractivity contribution is 0.568. The van der Waals surface area contributed by atoms with E-state index in [-0.39, 0.29) is 6.04 Å². The molecule has 0 aliphatic rings. The van der Waals surface area contributed by atoms with Crippen LogP contribution in [0.15, 0.2) is 30.9 Å². The molecule has 0 bridgehead atoms. The minimum Gasteiger partial charge on any atom is -0.327 e. The molecule has 0 radical (unpaired) electrons. The molecule has 0 aliphatic carbocycles. The summed E-state index contributed by atoms with van der Waals surface area (Å²) in [5, 5.41) is 0. The van der Waals surface area contributed by atoms with Gasteiger partial charge in [-0.1, -0.05) is 6.08 Å². The SMILES string of the molecule is C=CCC(N)Cc1cc(F)ccc1F. The predicted molar refractivity (Wildman–Crippen MR) is 52.9 cm³/mol.